The van der Waals surface area contributed by atoms with Crippen LogP contribution >= 0.6 is 0 Å². The molecular formula is C24H25NO. The number of ether oxygens (including phenoxy) is 1. The number of hydrogen-bond donors (Lipinski definition) is 0. The Morgan fingerprint density at radius 3 is 2.08 bits per heavy atom. The molecule has 2 nitrogen and oxygen atoms in total. The largest absolute Gasteiger partial charge is 0.497 e. The third-order valence-corrected chi connectivity index (χ3v) is 4.45. The van der Waals surface area contributed by atoms with E-state index < -0.39 is 0 Å². The van der Waals surface area contributed by atoms with Gasteiger partial charge in [-0.15, -0.1) is 0 Å². The number of nitrogens with zero attached hydrogens (tertiary/aromatic N) is 1. The summed E-state index contributed by atoms with van der Waals surface area (Å²) < 4.78 is 5.29. The zero-order valence-electron chi connectivity index (χ0n) is 15.5. The van der Waals surface area contributed by atoms with E-state index in [2.05, 4.69) is 66.5 Å². The van der Waals surface area contributed by atoms with Crippen molar-refractivity contribution < 1.29 is 4.74 Å². The van der Waals surface area contributed by atoms with Crippen molar-refractivity contribution in [2.24, 2.45) is 4.99 Å². The first-order chi connectivity index (χ1) is 12.8. The van der Waals surface area contributed by atoms with E-state index in [-0.39, 0.29) is 0 Å². The average molecular weight is 343 g/mol. The molecule has 0 saturated carbocycles. The predicted molar refractivity (Wildman–Crippen MR) is 111 cm³/mol. The van der Waals surface area contributed by atoms with Crippen LogP contribution in [-0.2, 0) is 0 Å². The molecule has 0 fully saturated rings. The SMILES string of the molecule is CCCCN=Cc1c(-c2ccccc2)cccc1-c1ccc(OC)cc1. The fraction of sp³-hybridized carbons (Fsp3) is 0.208. The van der Waals surface area contributed by atoms with E-state index in [0.717, 1.165) is 25.1 Å². The number of unbranched alkanes of at least 4 members (excludes halogenated alkanes) is 1. The Hall–Kier alpha value is -2.87. The lowest BCUT2D eigenvalue weighted by molar-refractivity contribution is 0.415. The first-order valence-electron chi connectivity index (χ1n) is 9.16. The van der Waals surface area contributed by atoms with Crippen LogP contribution in [-0.4, -0.2) is 19.9 Å². The molecule has 0 saturated heterocycles. The minimum absolute atomic E-state index is 0.863. The van der Waals surface area contributed by atoms with Crippen LogP contribution in [0.15, 0.2) is 77.8 Å². The fourth-order valence-electron chi connectivity index (χ4n) is 3.00. The van der Waals surface area contributed by atoms with E-state index in [1.807, 2.05) is 24.4 Å². The van der Waals surface area contributed by atoms with Gasteiger partial charge in [-0.1, -0.05) is 74.0 Å². The molecule has 0 unspecified atom stereocenters. The molecule has 3 aromatic carbocycles. The van der Waals surface area contributed by atoms with Crippen molar-refractivity contribution in [1.29, 1.82) is 0 Å². The second kappa shape index (κ2) is 9.00. The quantitative estimate of drug-likeness (QED) is 0.367. The number of rotatable bonds is 7. The Kier molecular flexibility index (Phi) is 6.21. The van der Waals surface area contributed by atoms with E-state index in [4.69, 9.17) is 4.74 Å². The molecule has 0 bridgehead atoms. The summed E-state index contributed by atoms with van der Waals surface area (Å²) in [5.74, 6) is 0.867. The van der Waals surface area contributed by atoms with E-state index in [1.54, 1.807) is 7.11 Å². The molecule has 0 amide bonds. The van der Waals surface area contributed by atoms with Crippen molar-refractivity contribution in [3.05, 3.63) is 78.4 Å². The second-order valence-electron chi connectivity index (χ2n) is 6.25. The number of benzene rings is 3. The summed E-state index contributed by atoms with van der Waals surface area (Å²) >= 11 is 0. The van der Waals surface area contributed by atoms with Gasteiger partial charge < -0.3 is 4.74 Å². The fourth-order valence-corrected chi connectivity index (χ4v) is 3.00. The Labute approximate surface area is 156 Å². The standard InChI is InChI=1S/C24H25NO/c1-3-4-17-25-18-24-22(19-9-6-5-7-10-19)11-8-12-23(24)20-13-15-21(26-2)16-14-20/h5-16,18H,3-4,17H2,1-2H3. The summed E-state index contributed by atoms with van der Waals surface area (Å²) in [6.07, 6.45) is 4.31. The summed E-state index contributed by atoms with van der Waals surface area (Å²) in [6.45, 7) is 3.05. The highest BCUT2D eigenvalue weighted by molar-refractivity contribution is 5.98. The molecule has 0 aliphatic rings. The molecule has 0 spiro atoms. The summed E-state index contributed by atoms with van der Waals surface area (Å²) in [5, 5.41) is 0. The van der Waals surface area contributed by atoms with Gasteiger partial charge in [0, 0.05) is 18.3 Å². The van der Waals surface area contributed by atoms with Crippen molar-refractivity contribution in [3.63, 3.8) is 0 Å². The molecule has 3 aromatic rings. The van der Waals surface area contributed by atoms with Gasteiger partial charge in [0.05, 0.1) is 7.11 Å². The molecular weight excluding hydrogens is 318 g/mol. The zero-order valence-corrected chi connectivity index (χ0v) is 15.5. The van der Waals surface area contributed by atoms with Gasteiger partial charge in [0.25, 0.3) is 0 Å². The van der Waals surface area contributed by atoms with Crippen molar-refractivity contribution in [1.82, 2.24) is 0 Å². The molecule has 26 heavy (non-hydrogen) atoms. The highest BCUT2D eigenvalue weighted by Gasteiger charge is 2.10. The van der Waals surface area contributed by atoms with E-state index >= 15 is 0 Å². The van der Waals surface area contributed by atoms with Gasteiger partial charge >= 0.3 is 0 Å². The van der Waals surface area contributed by atoms with Crippen molar-refractivity contribution in [2.45, 2.75) is 19.8 Å². The van der Waals surface area contributed by atoms with Gasteiger partial charge in [0.1, 0.15) is 5.75 Å². The molecule has 132 valence electrons. The number of hydrogen-bond acceptors (Lipinski definition) is 2. The minimum atomic E-state index is 0.863. The molecule has 0 N–H and O–H groups in total. The maximum absolute atomic E-state index is 5.29. The van der Waals surface area contributed by atoms with Crippen LogP contribution in [0.3, 0.4) is 0 Å². The van der Waals surface area contributed by atoms with Crippen LogP contribution in [0, 0.1) is 0 Å². The highest BCUT2D eigenvalue weighted by Crippen LogP contribution is 2.32. The molecule has 3 rings (SSSR count). The van der Waals surface area contributed by atoms with E-state index in [0.29, 0.717) is 0 Å². The minimum Gasteiger partial charge on any atom is -0.497 e. The maximum atomic E-state index is 5.29. The van der Waals surface area contributed by atoms with Crippen molar-refractivity contribution in [3.8, 4) is 28.0 Å². The average Bonchev–Trinajstić information content (AvgIpc) is 2.72. The topological polar surface area (TPSA) is 21.6 Å². The van der Waals surface area contributed by atoms with Gasteiger partial charge in [0.2, 0.25) is 0 Å². The third-order valence-electron chi connectivity index (χ3n) is 4.45. The molecule has 0 heterocycles. The predicted octanol–water partition coefficient (Wildman–Crippen LogP) is 6.25. The maximum Gasteiger partial charge on any atom is 0.118 e. The highest BCUT2D eigenvalue weighted by atomic mass is 16.5. The first kappa shape index (κ1) is 17.9. The third kappa shape index (κ3) is 4.20. The van der Waals surface area contributed by atoms with Crippen molar-refractivity contribution in [2.75, 3.05) is 13.7 Å². The van der Waals surface area contributed by atoms with Gasteiger partial charge in [-0.05, 0) is 40.8 Å². The molecule has 0 aliphatic carbocycles. The Morgan fingerprint density at radius 1 is 0.808 bits per heavy atom. The van der Waals surface area contributed by atoms with Crippen LogP contribution in [0.1, 0.15) is 25.3 Å². The Balaban J connectivity index is 2.09. The van der Waals surface area contributed by atoms with Crippen molar-refractivity contribution >= 4 is 6.21 Å². The molecule has 0 aromatic heterocycles. The normalized spacial score (nSPS) is 11.0. The Morgan fingerprint density at radius 2 is 1.46 bits per heavy atom. The van der Waals surface area contributed by atoms with Gasteiger partial charge in [-0.25, -0.2) is 0 Å². The summed E-state index contributed by atoms with van der Waals surface area (Å²) in [6, 6.07) is 25.2. The molecule has 0 aliphatic heterocycles. The second-order valence-corrected chi connectivity index (χ2v) is 6.25. The first-order valence-corrected chi connectivity index (χ1v) is 9.16. The lowest BCUT2D eigenvalue weighted by atomic mass is 9.92. The van der Waals surface area contributed by atoms with Crippen LogP contribution in [0.4, 0.5) is 0 Å². The number of methoxy groups -OCH3 is 1. The van der Waals surface area contributed by atoms with Gasteiger partial charge in [-0.2, -0.15) is 0 Å². The lowest BCUT2D eigenvalue weighted by Gasteiger charge is -2.13. The monoisotopic (exact) mass is 343 g/mol. The van der Waals surface area contributed by atoms with Crippen LogP contribution in [0.25, 0.3) is 22.3 Å². The zero-order chi connectivity index (χ0) is 18.2. The summed E-state index contributed by atoms with van der Waals surface area (Å²) in [7, 11) is 1.69. The molecule has 2 heteroatoms. The van der Waals surface area contributed by atoms with E-state index in [9.17, 15) is 0 Å². The smallest absolute Gasteiger partial charge is 0.118 e. The number of aliphatic imine (C=N–C) groups is 1. The van der Waals surface area contributed by atoms with Gasteiger partial charge in [0.15, 0.2) is 0 Å². The summed E-state index contributed by atoms with van der Waals surface area (Å²) in [4.78, 5) is 4.69. The van der Waals surface area contributed by atoms with Crippen LogP contribution in [0.2, 0.25) is 0 Å². The Bertz CT molecular complexity index is 851. The summed E-state index contributed by atoms with van der Waals surface area (Å²) in [5.41, 5.74) is 5.94. The lowest BCUT2D eigenvalue weighted by Crippen LogP contribution is -1.95. The molecule has 0 radical (unpaired) electrons. The van der Waals surface area contributed by atoms with E-state index in [1.165, 1.54) is 27.8 Å². The molecule has 0 atom stereocenters. The van der Waals surface area contributed by atoms with Crippen LogP contribution < -0.4 is 4.74 Å². The van der Waals surface area contributed by atoms with Gasteiger partial charge in [-0.3, -0.25) is 4.99 Å². The van der Waals surface area contributed by atoms with Crippen LogP contribution in [0.5, 0.6) is 5.75 Å².